The number of hydrogen-bond donors (Lipinski definition) is 1. The van der Waals surface area contributed by atoms with Crippen LogP contribution < -0.4 is 5.32 Å². The van der Waals surface area contributed by atoms with Gasteiger partial charge in [-0.25, -0.2) is 0 Å². The molecule has 19 heavy (non-hydrogen) atoms. The van der Waals surface area contributed by atoms with Crippen molar-refractivity contribution in [2.24, 2.45) is 5.92 Å². The summed E-state index contributed by atoms with van der Waals surface area (Å²) in [6.07, 6.45) is 2.08. The Balaban J connectivity index is 1.96. The van der Waals surface area contributed by atoms with E-state index in [9.17, 15) is 0 Å². The molecule has 0 bridgehead atoms. The summed E-state index contributed by atoms with van der Waals surface area (Å²) in [4.78, 5) is 0. The van der Waals surface area contributed by atoms with Gasteiger partial charge in [-0.1, -0.05) is 29.3 Å². The number of halogens is 2. The van der Waals surface area contributed by atoms with Gasteiger partial charge >= 0.3 is 0 Å². The molecule has 2 aliphatic rings. The highest BCUT2D eigenvalue weighted by Crippen LogP contribution is 2.43. The van der Waals surface area contributed by atoms with Gasteiger partial charge in [-0.05, 0) is 38.1 Å². The van der Waals surface area contributed by atoms with Crippen molar-refractivity contribution in [2.45, 2.75) is 18.6 Å². The SMILES string of the molecule is Clc1ccc(C2(C3CCNCC3)OCCO2)cc1Cl. The van der Waals surface area contributed by atoms with Crippen LogP contribution in [0, 0.1) is 5.92 Å². The molecule has 2 fully saturated rings. The summed E-state index contributed by atoms with van der Waals surface area (Å²) >= 11 is 12.1. The lowest BCUT2D eigenvalue weighted by molar-refractivity contribution is -0.210. The van der Waals surface area contributed by atoms with Gasteiger partial charge in [-0.15, -0.1) is 0 Å². The lowest BCUT2D eigenvalue weighted by Gasteiger charge is -2.38. The second-order valence-corrected chi connectivity index (χ2v) is 5.83. The number of hydrogen-bond acceptors (Lipinski definition) is 3. The highest BCUT2D eigenvalue weighted by molar-refractivity contribution is 6.42. The van der Waals surface area contributed by atoms with Crippen molar-refractivity contribution in [3.05, 3.63) is 33.8 Å². The highest BCUT2D eigenvalue weighted by atomic mass is 35.5. The fourth-order valence-electron chi connectivity index (χ4n) is 2.98. The van der Waals surface area contributed by atoms with Crippen molar-refractivity contribution in [2.75, 3.05) is 26.3 Å². The third-order valence-electron chi connectivity index (χ3n) is 3.91. The van der Waals surface area contributed by atoms with Crippen LogP contribution in [-0.2, 0) is 15.3 Å². The molecule has 3 rings (SSSR count). The molecule has 104 valence electrons. The smallest absolute Gasteiger partial charge is 0.198 e. The fourth-order valence-corrected chi connectivity index (χ4v) is 3.28. The molecule has 0 saturated carbocycles. The average molecular weight is 302 g/mol. The van der Waals surface area contributed by atoms with Crippen molar-refractivity contribution < 1.29 is 9.47 Å². The van der Waals surface area contributed by atoms with E-state index >= 15 is 0 Å². The Labute approximate surface area is 123 Å². The molecule has 1 aromatic carbocycles. The molecule has 1 aromatic rings. The van der Waals surface area contributed by atoms with E-state index in [-0.39, 0.29) is 0 Å². The second kappa shape index (κ2) is 5.58. The molecule has 1 N–H and O–H groups in total. The maximum Gasteiger partial charge on any atom is 0.198 e. The van der Waals surface area contributed by atoms with E-state index in [1.807, 2.05) is 18.2 Å². The first-order chi connectivity index (χ1) is 9.22. The van der Waals surface area contributed by atoms with Crippen LogP contribution in [0.2, 0.25) is 10.0 Å². The van der Waals surface area contributed by atoms with Crippen LogP contribution in [0.1, 0.15) is 18.4 Å². The zero-order chi connectivity index (χ0) is 13.3. The lowest BCUT2D eigenvalue weighted by atomic mass is 9.84. The Bertz CT molecular complexity index is 455. The minimum Gasteiger partial charge on any atom is -0.343 e. The molecule has 0 atom stereocenters. The summed E-state index contributed by atoms with van der Waals surface area (Å²) < 4.78 is 12.0. The van der Waals surface area contributed by atoms with Crippen molar-refractivity contribution in [1.29, 1.82) is 0 Å². The molecule has 3 nitrogen and oxygen atoms in total. The molecular weight excluding hydrogens is 285 g/mol. The number of nitrogens with one attached hydrogen (secondary N) is 1. The molecule has 0 radical (unpaired) electrons. The van der Waals surface area contributed by atoms with Gasteiger partial charge < -0.3 is 14.8 Å². The van der Waals surface area contributed by atoms with Crippen molar-refractivity contribution >= 4 is 23.2 Å². The summed E-state index contributed by atoms with van der Waals surface area (Å²) in [6, 6.07) is 5.64. The molecule has 0 spiro atoms. The van der Waals surface area contributed by atoms with Crippen LogP contribution in [0.4, 0.5) is 0 Å². The van der Waals surface area contributed by atoms with Crippen LogP contribution in [0.3, 0.4) is 0 Å². The van der Waals surface area contributed by atoms with Gasteiger partial charge in [-0.2, -0.15) is 0 Å². The van der Waals surface area contributed by atoms with E-state index in [0.717, 1.165) is 31.5 Å². The Morgan fingerprint density at radius 1 is 1.05 bits per heavy atom. The Morgan fingerprint density at radius 2 is 1.74 bits per heavy atom. The summed E-state index contributed by atoms with van der Waals surface area (Å²) in [5.74, 6) is -0.287. The van der Waals surface area contributed by atoms with E-state index in [1.54, 1.807) is 0 Å². The fraction of sp³-hybridized carbons (Fsp3) is 0.571. The first-order valence-electron chi connectivity index (χ1n) is 6.66. The predicted molar refractivity (Wildman–Crippen MR) is 75.6 cm³/mol. The van der Waals surface area contributed by atoms with Gasteiger partial charge in [0.2, 0.25) is 0 Å². The molecule has 0 amide bonds. The quantitative estimate of drug-likeness (QED) is 0.910. The van der Waals surface area contributed by atoms with E-state index in [2.05, 4.69) is 5.32 Å². The van der Waals surface area contributed by atoms with Crippen LogP contribution in [-0.4, -0.2) is 26.3 Å². The normalized spacial score (nSPS) is 23.7. The van der Waals surface area contributed by atoms with E-state index in [4.69, 9.17) is 32.7 Å². The van der Waals surface area contributed by atoms with Gasteiger partial charge in [0.05, 0.1) is 23.3 Å². The molecule has 0 unspecified atom stereocenters. The summed E-state index contributed by atoms with van der Waals surface area (Å²) in [6.45, 7) is 3.26. The molecule has 5 heteroatoms. The third-order valence-corrected chi connectivity index (χ3v) is 4.65. The molecule has 0 aliphatic carbocycles. The van der Waals surface area contributed by atoms with E-state index in [0.29, 0.717) is 29.2 Å². The Hall–Kier alpha value is -0.320. The number of ether oxygens (including phenoxy) is 2. The standard InChI is InChI=1S/C14H17Cl2NO2/c15-12-2-1-11(9-13(12)16)14(18-7-8-19-14)10-3-5-17-6-4-10/h1-2,9-10,17H,3-8H2. The molecule has 2 saturated heterocycles. The topological polar surface area (TPSA) is 30.5 Å². The molecule has 0 aromatic heterocycles. The summed E-state index contributed by atoms with van der Waals surface area (Å²) in [5.41, 5.74) is 0.978. The van der Waals surface area contributed by atoms with Crippen LogP contribution >= 0.6 is 23.2 Å². The van der Waals surface area contributed by atoms with Crippen molar-refractivity contribution in [3.8, 4) is 0 Å². The highest BCUT2D eigenvalue weighted by Gasteiger charge is 2.46. The molecule has 2 aliphatic heterocycles. The number of benzene rings is 1. The second-order valence-electron chi connectivity index (χ2n) is 5.02. The first-order valence-corrected chi connectivity index (χ1v) is 7.42. The average Bonchev–Trinajstić information content (AvgIpc) is 2.93. The van der Waals surface area contributed by atoms with Gasteiger partial charge in [0.15, 0.2) is 5.79 Å². The van der Waals surface area contributed by atoms with Crippen LogP contribution in [0.15, 0.2) is 18.2 Å². The largest absolute Gasteiger partial charge is 0.343 e. The summed E-state index contributed by atoms with van der Waals surface area (Å²) in [7, 11) is 0. The monoisotopic (exact) mass is 301 g/mol. The van der Waals surface area contributed by atoms with Crippen LogP contribution in [0.5, 0.6) is 0 Å². The van der Waals surface area contributed by atoms with Crippen molar-refractivity contribution in [3.63, 3.8) is 0 Å². The number of rotatable bonds is 2. The van der Waals surface area contributed by atoms with Gasteiger partial charge in [-0.3, -0.25) is 0 Å². The van der Waals surface area contributed by atoms with Gasteiger partial charge in [0.25, 0.3) is 0 Å². The maximum atomic E-state index is 6.14. The molecular formula is C14H17Cl2NO2. The third kappa shape index (κ3) is 2.50. The van der Waals surface area contributed by atoms with E-state index in [1.165, 1.54) is 0 Å². The minimum absolute atomic E-state index is 0.355. The van der Waals surface area contributed by atoms with E-state index < -0.39 is 5.79 Å². The van der Waals surface area contributed by atoms with Crippen LogP contribution in [0.25, 0.3) is 0 Å². The van der Waals surface area contributed by atoms with Crippen molar-refractivity contribution in [1.82, 2.24) is 5.32 Å². The van der Waals surface area contributed by atoms with Gasteiger partial charge in [0.1, 0.15) is 0 Å². The summed E-state index contributed by atoms with van der Waals surface area (Å²) in [5, 5.41) is 4.48. The Kier molecular flexibility index (Phi) is 4.01. The predicted octanol–water partition coefficient (Wildman–Crippen LogP) is 3.19. The first kappa shape index (κ1) is 13.7. The maximum absolute atomic E-state index is 6.14. The zero-order valence-electron chi connectivity index (χ0n) is 10.6. The van der Waals surface area contributed by atoms with Gasteiger partial charge in [0, 0.05) is 11.5 Å². The zero-order valence-corrected chi connectivity index (χ0v) is 12.1. The molecule has 2 heterocycles. The lowest BCUT2D eigenvalue weighted by Crippen LogP contribution is -2.42. The Morgan fingerprint density at radius 3 is 2.37 bits per heavy atom. The number of piperidine rings is 1. The minimum atomic E-state index is -0.643.